The molecule has 0 saturated carbocycles. The van der Waals surface area contributed by atoms with Gasteiger partial charge in [0.15, 0.2) is 0 Å². The third-order valence-corrected chi connectivity index (χ3v) is 8.06. The standard InChI is InChI=1S/C40H73NO15/c1-2-3-4-5-6-7-8-9-10-11-40(44)56-37-36-55-35-34-54-33-32-53-31-30-52-29-28-51-27-26-50-25-24-49-23-22-48-21-20-47-19-18-46-17-16-45-15-14-41-38(42)12-13-39(41)43/h12-13H,2-11,14-37H2,1H3. The van der Waals surface area contributed by atoms with Crippen LogP contribution in [0.2, 0.25) is 0 Å². The SMILES string of the molecule is CCCCCCCCCCCC(=O)OCCOCCOCCOCCOCCOCCOCCOCCOCCOCCOCCOCCN1C(=O)C=CC1=O. The lowest BCUT2D eigenvalue weighted by Gasteiger charge is -2.13. The third kappa shape index (κ3) is 36.3. The molecule has 0 aliphatic carbocycles. The Morgan fingerprint density at radius 1 is 0.393 bits per heavy atom. The Morgan fingerprint density at radius 3 is 0.982 bits per heavy atom. The van der Waals surface area contributed by atoms with E-state index >= 15 is 0 Å². The van der Waals surface area contributed by atoms with Crippen molar-refractivity contribution in [3.8, 4) is 0 Å². The van der Waals surface area contributed by atoms with Gasteiger partial charge in [-0.2, -0.15) is 0 Å². The monoisotopic (exact) mass is 807 g/mol. The van der Waals surface area contributed by atoms with Crippen molar-refractivity contribution in [3.63, 3.8) is 0 Å². The highest BCUT2D eigenvalue weighted by Crippen LogP contribution is 2.11. The fourth-order valence-electron chi connectivity index (χ4n) is 4.98. The number of carbonyl (C=O) groups excluding carboxylic acids is 3. The molecular formula is C40H73NO15. The van der Waals surface area contributed by atoms with Crippen molar-refractivity contribution < 1.29 is 71.2 Å². The summed E-state index contributed by atoms with van der Waals surface area (Å²) in [6.45, 7) is 12.7. The van der Waals surface area contributed by atoms with E-state index in [0.717, 1.165) is 17.7 Å². The molecule has 0 aromatic heterocycles. The van der Waals surface area contributed by atoms with E-state index in [-0.39, 0.29) is 37.5 Å². The van der Waals surface area contributed by atoms with Crippen LogP contribution < -0.4 is 0 Å². The molecule has 0 aromatic carbocycles. The highest BCUT2D eigenvalue weighted by Gasteiger charge is 2.22. The van der Waals surface area contributed by atoms with Gasteiger partial charge in [-0.25, -0.2) is 0 Å². The second-order valence-electron chi connectivity index (χ2n) is 12.7. The minimum absolute atomic E-state index is 0.143. The molecule has 0 unspecified atom stereocenters. The minimum atomic E-state index is -0.309. The van der Waals surface area contributed by atoms with Crippen molar-refractivity contribution in [2.24, 2.45) is 0 Å². The fourth-order valence-corrected chi connectivity index (χ4v) is 4.98. The van der Waals surface area contributed by atoms with E-state index in [2.05, 4.69) is 6.92 Å². The molecule has 1 aliphatic heterocycles. The molecule has 2 amide bonds. The smallest absolute Gasteiger partial charge is 0.305 e. The van der Waals surface area contributed by atoms with Gasteiger partial charge in [-0.1, -0.05) is 58.3 Å². The summed E-state index contributed by atoms with van der Waals surface area (Å²) in [4.78, 5) is 35.8. The van der Waals surface area contributed by atoms with Gasteiger partial charge in [0.1, 0.15) is 6.61 Å². The third-order valence-electron chi connectivity index (χ3n) is 8.06. The summed E-state index contributed by atoms with van der Waals surface area (Å²) in [5, 5.41) is 0. The van der Waals surface area contributed by atoms with Gasteiger partial charge in [-0.05, 0) is 6.42 Å². The van der Waals surface area contributed by atoms with Gasteiger partial charge >= 0.3 is 5.97 Å². The van der Waals surface area contributed by atoms with Gasteiger partial charge in [0.2, 0.25) is 0 Å². The van der Waals surface area contributed by atoms with Crippen molar-refractivity contribution in [2.75, 3.05) is 159 Å². The number of imide groups is 1. The maximum absolute atomic E-state index is 11.8. The second-order valence-corrected chi connectivity index (χ2v) is 12.7. The van der Waals surface area contributed by atoms with Crippen molar-refractivity contribution in [1.82, 2.24) is 4.90 Å². The summed E-state index contributed by atoms with van der Waals surface area (Å²) in [5.74, 6) is -0.760. The average molecular weight is 808 g/mol. The molecule has 16 nitrogen and oxygen atoms in total. The lowest BCUT2D eigenvalue weighted by atomic mass is 10.1. The van der Waals surface area contributed by atoms with Crippen LogP contribution in [0, 0.1) is 0 Å². The largest absolute Gasteiger partial charge is 0.463 e. The van der Waals surface area contributed by atoms with Crippen LogP contribution in [0.25, 0.3) is 0 Å². The van der Waals surface area contributed by atoms with Crippen molar-refractivity contribution in [2.45, 2.75) is 71.1 Å². The molecule has 0 spiro atoms. The number of unbranched alkanes of at least 4 members (excludes halogenated alkanes) is 8. The number of hydrogen-bond donors (Lipinski definition) is 0. The summed E-state index contributed by atoms with van der Waals surface area (Å²) in [5.41, 5.74) is 0. The Balaban J connectivity index is 1.63. The number of nitrogens with zero attached hydrogens (tertiary/aromatic N) is 1. The van der Waals surface area contributed by atoms with Crippen LogP contribution in [0.5, 0.6) is 0 Å². The highest BCUT2D eigenvalue weighted by atomic mass is 16.6. The summed E-state index contributed by atoms with van der Waals surface area (Å²) in [6.07, 6.45) is 14.1. The number of carbonyl (C=O) groups is 3. The number of esters is 1. The second kappa shape index (κ2) is 42.5. The Labute approximate surface area is 335 Å². The quantitative estimate of drug-likeness (QED) is 0.0498. The molecule has 0 radical (unpaired) electrons. The van der Waals surface area contributed by atoms with Crippen LogP contribution in [0.4, 0.5) is 0 Å². The zero-order valence-corrected chi connectivity index (χ0v) is 34.3. The lowest BCUT2D eigenvalue weighted by molar-refractivity contribution is -0.145. The Hall–Kier alpha value is -2.09. The molecule has 0 bridgehead atoms. The van der Waals surface area contributed by atoms with Gasteiger partial charge in [0, 0.05) is 18.6 Å². The number of ether oxygens (including phenoxy) is 12. The molecule has 328 valence electrons. The molecule has 1 aliphatic rings. The van der Waals surface area contributed by atoms with Gasteiger partial charge in [-0.3, -0.25) is 19.3 Å². The summed E-state index contributed by atoms with van der Waals surface area (Å²) < 4.78 is 65.3. The molecule has 56 heavy (non-hydrogen) atoms. The van der Waals surface area contributed by atoms with Crippen LogP contribution in [0.1, 0.15) is 71.1 Å². The predicted octanol–water partition coefficient (Wildman–Crippen LogP) is 3.56. The summed E-state index contributed by atoms with van der Waals surface area (Å²) in [6, 6.07) is 0. The summed E-state index contributed by atoms with van der Waals surface area (Å²) >= 11 is 0. The van der Waals surface area contributed by atoms with E-state index in [1.165, 1.54) is 57.1 Å². The molecule has 1 rings (SSSR count). The molecule has 0 N–H and O–H groups in total. The maximum Gasteiger partial charge on any atom is 0.305 e. The van der Waals surface area contributed by atoms with Crippen molar-refractivity contribution >= 4 is 17.8 Å². The van der Waals surface area contributed by atoms with Crippen molar-refractivity contribution in [1.29, 1.82) is 0 Å². The molecule has 0 saturated heterocycles. The first-order chi connectivity index (χ1) is 27.6. The summed E-state index contributed by atoms with van der Waals surface area (Å²) in [7, 11) is 0. The van der Waals surface area contributed by atoms with E-state index < -0.39 is 0 Å². The first-order valence-electron chi connectivity index (χ1n) is 20.7. The van der Waals surface area contributed by atoms with Crippen LogP contribution in [0.3, 0.4) is 0 Å². The maximum atomic E-state index is 11.8. The van der Waals surface area contributed by atoms with E-state index in [1.54, 1.807) is 0 Å². The molecule has 0 fully saturated rings. The van der Waals surface area contributed by atoms with Crippen LogP contribution in [0.15, 0.2) is 12.2 Å². The molecular weight excluding hydrogens is 734 g/mol. The molecule has 16 heteroatoms. The lowest BCUT2D eigenvalue weighted by Crippen LogP contribution is -2.33. The predicted molar refractivity (Wildman–Crippen MR) is 208 cm³/mol. The zero-order valence-electron chi connectivity index (χ0n) is 34.3. The number of amides is 2. The van der Waals surface area contributed by atoms with Crippen molar-refractivity contribution in [3.05, 3.63) is 12.2 Å². The fraction of sp³-hybridized carbons (Fsp3) is 0.875. The van der Waals surface area contributed by atoms with Gasteiger partial charge < -0.3 is 56.8 Å². The Morgan fingerprint density at radius 2 is 0.661 bits per heavy atom. The van der Waals surface area contributed by atoms with E-state index in [9.17, 15) is 14.4 Å². The Kier molecular flexibility index (Phi) is 39.4. The number of hydrogen-bond acceptors (Lipinski definition) is 15. The topological polar surface area (TPSA) is 165 Å². The Bertz CT molecular complexity index is 908. The van der Waals surface area contributed by atoms with Gasteiger partial charge in [0.05, 0.1) is 152 Å². The molecule has 0 atom stereocenters. The van der Waals surface area contributed by atoms with E-state index in [4.69, 9.17) is 56.8 Å². The van der Waals surface area contributed by atoms with E-state index in [1.807, 2.05) is 0 Å². The van der Waals surface area contributed by atoms with Crippen LogP contribution in [-0.4, -0.2) is 181 Å². The van der Waals surface area contributed by atoms with Crippen LogP contribution in [-0.2, 0) is 71.2 Å². The van der Waals surface area contributed by atoms with E-state index in [0.29, 0.717) is 145 Å². The molecule has 1 heterocycles. The molecule has 0 aromatic rings. The first-order valence-corrected chi connectivity index (χ1v) is 20.7. The highest BCUT2D eigenvalue weighted by molar-refractivity contribution is 6.12. The average Bonchev–Trinajstić information content (AvgIpc) is 3.52. The minimum Gasteiger partial charge on any atom is -0.463 e. The van der Waals surface area contributed by atoms with Crippen LogP contribution >= 0.6 is 0 Å². The van der Waals surface area contributed by atoms with Gasteiger partial charge in [-0.15, -0.1) is 0 Å². The first kappa shape index (κ1) is 51.9. The normalized spacial score (nSPS) is 12.8. The number of rotatable bonds is 46. The zero-order chi connectivity index (χ0) is 40.3. The van der Waals surface area contributed by atoms with Gasteiger partial charge in [0.25, 0.3) is 11.8 Å².